The Hall–Kier alpha value is -1.28. The maximum absolute atomic E-state index is 5.92. The molecule has 1 aromatic carbocycles. The zero-order valence-corrected chi connectivity index (χ0v) is 15.9. The summed E-state index contributed by atoms with van der Waals surface area (Å²) in [6.07, 6.45) is 1.81. The molecule has 4 nitrogen and oxygen atoms in total. The summed E-state index contributed by atoms with van der Waals surface area (Å²) in [7, 11) is 0. The molecule has 0 bridgehead atoms. The number of nitrogens with two attached hydrogens (primary N) is 1. The Kier molecular flexibility index (Phi) is 8.26. The highest BCUT2D eigenvalue weighted by Gasteiger charge is 1.98. The number of anilines is 1. The van der Waals surface area contributed by atoms with Gasteiger partial charge < -0.3 is 11.1 Å². The number of aryl methyl sites for hydroxylation is 1. The van der Waals surface area contributed by atoms with Crippen LogP contribution in [-0.2, 0) is 6.54 Å². The maximum Gasteiger partial charge on any atom is 0.193 e. The molecule has 118 valence electrons. The van der Waals surface area contributed by atoms with Crippen LogP contribution >= 0.6 is 35.7 Å². The summed E-state index contributed by atoms with van der Waals surface area (Å²) in [5, 5.41) is 4.12. The molecular weight excluding hydrogens is 407 g/mol. The van der Waals surface area contributed by atoms with Crippen LogP contribution in [0.4, 0.5) is 5.69 Å². The van der Waals surface area contributed by atoms with Gasteiger partial charge in [0.05, 0.1) is 11.6 Å². The summed E-state index contributed by atoms with van der Waals surface area (Å²) < 4.78 is 0. The van der Waals surface area contributed by atoms with E-state index in [1.807, 2.05) is 43.5 Å². The Morgan fingerprint density at radius 3 is 2.86 bits per heavy atom. The Bertz CT molecular complexity index is 631. The summed E-state index contributed by atoms with van der Waals surface area (Å²) in [5.41, 5.74) is 9.16. The van der Waals surface area contributed by atoms with Gasteiger partial charge in [-0.05, 0) is 48.1 Å². The van der Waals surface area contributed by atoms with Crippen molar-refractivity contribution in [2.75, 3.05) is 11.1 Å². The van der Waals surface area contributed by atoms with E-state index in [2.05, 4.69) is 28.3 Å². The third-order valence-electron chi connectivity index (χ3n) is 2.81. The first-order valence-electron chi connectivity index (χ1n) is 6.88. The van der Waals surface area contributed by atoms with Crippen LogP contribution in [0.15, 0.2) is 52.6 Å². The van der Waals surface area contributed by atoms with E-state index in [4.69, 9.17) is 5.73 Å². The Labute approximate surface area is 153 Å². The highest BCUT2D eigenvalue weighted by Crippen LogP contribution is 2.16. The van der Waals surface area contributed by atoms with E-state index in [1.54, 1.807) is 11.8 Å². The number of halogens is 1. The Balaban J connectivity index is 0.00000242. The predicted octanol–water partition coefficient (Wildman–Crippen LogP) is 4.05. The number of nitrogens with zero attached hydrogens (tertiary/aromatic N) is 2. The molecule has 1 heterocycles. The molecule has 2 rings (SSSR count). The minimum atomic E-state index is 0. The summed E-state index contributed by atoms with van der Waals surface area (Å²) in [5.74, 6) is 1.43. The van der Waals surface area contributed by atoms with Crippen LogP contribution in [0.25, 0.3) is 0 Å². The molecule has 0 aliphatic heterocycles. The summed E-state index contributed by atoms with van der Waals surface area (Å²) >= 11 is 1.72. The molecule has 6 heteroatoms. The molecule has 3 N–H and O–H groups in total. The lowest BCUT2D eigenvalue weighted by Gasteiger charge is -2.06. The fourth-order valence-corrected chi connectivity index (χ4v) is 2.53. The van der Waals surface area contributed by atoms with E-state index in [9.17, 15) is 0 Å². The molecule has 0 atom stereocenters. The largest absolute Gasteiger partial charge is 0.370 e. The fourth-order valence-electron chi connectivity index (χ4n) is 1.86. The smallest absolute Gasteiger partial charge is 0.193 e. The molecule has 22 heavy (non-hydrogen) atoms. The number of thioether (sulfide) groups is 1. The standard InChI is InChI=1S/C16H20N4S.HI/c1-3-21-15-10-13(7-8-18-15)11-19-16(17)20-14-6-4-5-12(2)9-14;/h4-10H,3,11H2,1-2H3,(H3,17,19,20);1H. The number of hydrogen-bond acceptors (Lipinski definition) is 3. The molecule has 0 saturated heterocycles. The van der Waals surface area contributed by atoms with E-state index < -0.39 is 0 Å². The SMILES string of the molecule is CCSc1cc(CN=C(N)Nc2cccc(C)c2)ccn1.I. The Morgan fingerprint density at radius 2 is 2.14 bits per heavy atom. The van der Waals surface area contributed by atoms with Gasteiger partial charge in [0, 0.05) is 11.9 Å². The first kappa shape index (κ1) is 18.8. The van der Waals surface area contributed by atoms with Gasteiger partial charge in [0.2, 0.25) is 0 Å². The lowest BCUT2D eigenvalue weighted by Crippen LogP contribution is -2.22. The molecule has 0 fully saturated rings. The van der Waals surface area contributed by atoms with Crippen LogP contribution in [0.1, 0.15) is 18.1 Å². The van der Waals surface area contributed by atoms with Crippen molar-refractivity contribution in [3.63, 3.8) is 0 Å². The minimum Gasteiger partial charge on any atom is -0.370 e. The highest BCUT2D eigenvalue weighted by atomic mass is 127. The summed E-state index contributed by atoms with van der Waals surface area (Å²) in [6.45, 7) is 4.70. The number of hydrogen-bond donors (Lipinski definition) is 2. The number of rotatable bonds is 5. The van der Waals surface area contributed by atoms with E-state index in [0.29, 0.717) is 12.5 Å². The molecule has 0 aliphatic rings. The second-order valence-electron chi connectivity index (χ2n) is 4.63. The van der Waals surface area contributed by atoms with Crippen LogP contribution in [-0.4, -0.2) is 16.7 Å². The topological polar surface area (TPSA) is 63.3 Å². The zero-order chi connectivity index (χ0) is 15.1. The van der Waals surface area contributed by atoms with E-state index in [0.717, 1.165) is 22.0 Å². The highest BCUT2D eigenvalue weighted by molar-refractivity contribution is 14.0. The predicted molar refractivity (Wildman–Crippen MR) is 106 cm³/mol. The van der Waals surface area contributed by atoms with E-state index >= 15 is 0 Å². The third-order valence-corrected chi connectivity index (χ3v) is 3.62. The van der Waals surface area contributed by atoms with Crippen LogP contribution in [0.2, 0.25) is 0 Å². The van der Waals surface area contributed by atoms with Crippen LogP contribution in [0.3, 0.4) is 0 Å². The zero-order valence-electron chi connectivity index (χ0n) is 12.7. The van der Waals surface area contributed by atoms with Crippen LogP contribution in [0, 0.1) is 6.92 Å². The van der Waals surface area contributed by atoms with Gasteiger partial charge in [-0.2, -0.15) is 0 Å². The molecule has 0 spiro atoms. The van der Waals surface area contributed by atoms with Crippen molar-refractivity contribution in [3.8, 4) is 0 Å². The number of guanidine groups is 1. The van der Waals surface area contributed by atoms with Gasteiger partial charge >= 0.3 is 0 Å². The number of aromatic nitrogens is 1. The molecule has 1 aromatic heterocycles. The van der Waals surface area contributed by atoms with Crippen LogP contribution < -0.4 is 11.1 Å². The summed E-state index contributed by atoms with van der Waals surface area (Å²) in [4.78, 5) is 8.67. The fraction of sp³-hybridized carbons (Fsp3) is 0.250. The second-order valence-corrected chi connectivity index (χ2v) is 5.92. The monoisotopic (exact) mass is 428 g/mol. The quantitative estimate of drug-likeness (QED) is 0.327. The molecule has 0 unspecified atom stereocenters. The van der Waals surface area contributed by atoms with Crippen LogP contribution in [0.5, 0.6) is 0 Å². The van der Waals surface area contributed by atoms with Gasteiger partial charge in [-0.15, -0.1) is 35.7 Å². The van der Waals surface area contributed by atoms with Crippen molar-refractivity contribution in [2.24, 2.45) is 10.7 Å². The van der Waals surface area contributed by atoms with Gasteiger partial charge in [0.1, 0.15) is 0 Å². The van der Waals surface area contributed by atoms with E-state index in [1.165, 1.54) is 5.56 Å². The second kappa shape index (κ2) is 9.68. The number of aliphatic imine (C=N–C) groups is 1. The van der Waals surface area contributed by atoms with Gasteiger partial charge in [-0.3, -0.25) is 0 Å². The van der Waals surface area contributed by atoms with Gasteiger partial charge in [0.15, 0.2) is 5.96 Å². The van der Waals surface area contributed by atoms with Crippen molar-refractivity contribution in [2.45, 2.75) is 25.4 Å². The lowest BCUT2D eigenvalue weighted by molar-refractivity contribution is 1.01. The number of nitrogens with one attached hydrogen (secondary N) is 1. The number of pyridine rings is 1. The molecule has 0 amide bonds. The van der Waals surface area contributed by atoms with E-state index in [-0.39, 0.29) is 24.0 Å². The number of benzene rings is 1. The van der Waals surface area contributed by atoms with Crippen molar-refractivity contribution in [1.29, 1.82) is 0 Å². The molecule has 0 saturated carbocycles. The van der Waals surface area contributed by atoms with Crippen molar-refractivity contribution in [3.05, 3.63) is 53.7 Å². The van der Waals surface area contributed by atoms with Gasteiger partial charge in [-0.1, -0.05) is 19.1 Å². The first-order valence-corrected chi connectivity index (χ1v) is 7.87. The average molecular weight is 428 g/mol. The first-order chi connectivity index (χ1) is 10.2. The normalized spacial score (nSPS) is 10.9. The minimum absolute atomic E-state index is 0. The average Bonchev–Trinajstić information content (AvgIpc) is 2.46. The van der Waals surface area contributed by atoms with Crippen molar-refractivity contribution in [1.82, 2.24) is 4.98 Å². The van der Waals surface area contributed by atoms with Crippen molar-refractivity contribution < 1.29 is 0 Å². The van der Waals surface area contributed by atoms with Gasteiger partial charge in [-0.25, -0.2) is 9.98 Å². The Morgan fingerprint density at radius 1 is 1.32 bits per heavy atom. The van der Waals surface area contributed by atoms with Crippen molar-refractivity contribution >= 4 is 47.4 Å². The molecule has 0 radical (unpaired) electrons. The summed E-state index contributed by atoms with van der Waals surface area (Å²) in [6, 6.07) is 12.0. The third kappa shape index (κ3) is 6.23. The lowest BCUT2D eigenvalue weighted by atomic mass is 10.2. The van der Waals surface area contributed by atoms with Gasteiger partial charge in [0.25, 0.3) is 0 Å². The molecular formula is C16H21IN4S. The maximum atomic E-state index is 5.92. The molecule has 0 aliphatic carbocycles. The molecule has 2 aromatic rings.